The lowest BCUT2D eigenvalue weighted by atomic mass is 9.85. The molecular weight excluding hydrogens is 390 g/mol. The Morgan fingerprint density at radius 2 is 1.73 bits per heavy atom. The zero-order valence-corrected chi connectivity index (χ0v) is 17.5. The Labute approximate surface area is 177 Å². The fourth-order valence-electron chi connectivity index (χ4n) is 4.25. The van der Waals surface area contributed by atoms with Crippen LogP contribution in [0.5, 0.6) is 0 Å². The summed E-state index contributed by atoms with van der Waals surface area (Å²) in [6, 6.07) is 3.33. The SMILES string of the molecule is CC(=O)CCCCCC[C@@H]1[C@@H](CCC(O)C#Cc2ccc(F)c(F)c2)[C@H](O)C[C@@H]1O. The van der Waals surface area contributed by atoms with Crippen molar-refractivity contribution in [2.24, 2.45) is 11.8 Å². The molecule has 0 aromatic heterocycles. The average Bonchev–Trinajstić information content (AvgIpc) is 2.96. The molecule has 2 rings (SSSR count). The fourth-order valence-corrected chi connectivity index (χ4v) is 4.25. The van der Waals surface area contributed by atoms with Gasteiger partial charge in [-0.1, -0.05) is 31.1 Å². The van der Waals surface area contributed by atoms with Crippen molar-refractivity contribution in [3.05, 3.63) is 35.4 Å². The third-order valence-electron chi connectivity index (χ3n) is 5.91. The first-order valence-electron chi connectivity index (χ1n) is 10.8. The number of benzene rings is 1. The maximum Gasteiger partial charge on any atom is 0.160 e. The van der Waals surface area contributed by atoms with E-state index >= 15 is 0 Å². The predicted octanol–water partition coefficient (Wildman–Crippen LogP) is 3.74. The molecule has 0 saturated heterocycles. The average molecular weight is 423 g/mol. The van der Waals surface area contributed by atoms with Crippen molar-refractivity contribution in [2.45, 2.75) is 83.0 Å². The van der Waals surface area contributed by atoms with Gasteiger partial charge in [0.2, 0.25) is 0 Å². The Morgan fingerprint density at radius 1 is 1.07 bits per heavy atom. The first kappa shape index (κ1) is 24.5. The standard InChI is InChI=1S/C24H32F2O4/c1-16(27)6-4-2-3-5-7-19-20(24(30)15-23(19)29)12-11-18(28)10-8-17-9-13-21(25)22(26)14-17/h9,13-14,18-20,23-24,28-30H,2-7,11-12,15H2,1H3/t18?,19-,20-,23+,24-/m1/s1. The Balaban J connectivity index is 1.80. The maximum atomic E-state index is 13.2. The van der Waals surface area contributed by atoms with Gasteiger partial charge in [0, 0.05) is 12.0 Å². The molecule has 0 spiro atoms. The van der Waals surface area contributed by atoms with E-state index in [0.29, 0.717) is 25.7 Å². The minimum absolute atomic E-state index is 0.0147. The minimum atomic E-state index is -0.983. The zero-order chi connectivity index (χ0) is 22.1. The quantitative estimate of drug-likeness (QED) is 0.397. The summed E-state index contributed by atoms with van der Waals surface area (Å²) in [7, 11) is 0. The second-order valence-corrected chi connectivity index (χ2v) is 8.34. The number of hydrogen-bond donors (Lipinski definition) is 3. The van der Waals surface area contributed by atoms with E-state index < -0.39 is 29.9 Å². The Bertz CT molecular complexity index is 755. The van der Waals surface area contributed by atoms with E-state index in [1.54, 1.807) is 6.92 Å². The number of rotatable bonds is 10. The number of carbonyl (C=O) groups excluding carboxylic acids is 1. The summed E-state index contributed by atoms with van der Waals surface area (Å²) >= 11 is 0. The number of aliphatic hydroxyl groups excluding tert-OH is 3. The van der Waals surface area contributed by atoms with Gasteiger partial charge in [0.1, 0.15) is 11.9 Å². The van der Waals surface area contributed by atoms with Gasteiger partial charge in [-0.25, -0.2) is 8.78 Å². The molecule has 1 unspecified atom stereocenters. The molecule has 0 heterocycles. The second kappa shape index (κ2) is 12.1. The molecule has 0 amide bonds. The van der Waals surface area contributed by atoms with Gasteiger partial charge in [0.25, 0.3) is 0 Å². The summed E-state index contributed by atoms with van der Waals surface area (Å²) in [4.78, 5) is 11.0. The van der Waals surface area contributed by atoms with E-state index in [1.807, 2.05) is 0 Å². The first-order valence-corrected chi connectivity index (χ1v) is 10.8. The number of carbonyl (C=O) groups is 1. The van der Waals surface area contributed by atoms with Gasteiger partial charge >= 0.3 is 0 Å². The van der Waals surface area contributed by atoms with E-state index in [0.717, 1.165) is 44.2 Å². The van der Waals surface area contributed by atoms with Crippen molar-refractivity contribution in [3.63, 3.8) is 0 Å². The molecule has 166 valence electrons. The van der Waals surface area contributed by atoms with Crippen LogP contribution in [-0.2, 0) is 4.79 Å². The molecule has 3 N–H and O–H groups in total. The fraction of sp³-hybridized carbons (Fsp3) is 0.625. The summed E-state index contributed by atoms with van der Waals surface area (Å²) < 4.78 is 26.2. The first-order chi connectivity index (χ1) is 14.3. The third kappa shape index (κ3) is 7.79. The lowest BCUT2D eigenvalue weighted by molar-refractivity contribution is -0.117. The number of hydrogen-bond acceptors (Lipinski definition) is 4. The van der Waals surface area contributed by atoms with Crippen LogP contribution in [0, 0.1) is 35.3 Å². The topological polar surface area (TPSA) is 77.8 Å². The highest BCUT2D eigenvalue weighted by Crippen LogP contribution is 2.39. The predicted molar refractivity (Wildman–Crippen MR) is 110 cm³/mol. The molecule has 0 aliphatic heterocycles. The summed E-state index contributed by atoms with van der Waals surface area (Å²) in [5.74, 6) is 3.43. The van der Waals surface area contributed by atoms with Crippen LogP contribution in [0.25, 0.3) is 0 Å². The molecule has 1 aliphatic carbocycles. The second-order valence-electron chi connectivity index (χ2n) is 8.34. The van der Waals surface area contributed by atoms with E-state index in [-0.39, 0.29) is 23.2 Å². The molecule has 1 aromatic carbocycles. The van der Waals surface area contributed by atoms with Gasteiger partial charge in [0.05, 0.1) is 12.2 Å². The molecule has 0 radical (unpaired) electrons. The molecule has 5 atom stereocenters. The third-order valence-corrected chi connectivity index (χ3v) is 5.91. The van der Waals surface area contributed by atoms with Crippen molar-refractivity contribution in [3.8, 4) is 11.8 Å². The number of unbranched alkanes of at least 4 members (excludes halogenated alkanes) is 3. The highest BCUT2D eigenvalue weighted by Gasteiger charge is 2.40. The molecule has 1 aliphatic rings. The molecule has 30 heavy (non-hydrogen) atoms. The zero-order valence-electron chi connectivity index (χ0n) is 17.5. The van der Waals surface area contributed by atoms with Crippen molar-refractivity contribution >= 4 is 5.78 Å². The van der Waals surface area contributed by atoms with Gasteiger partial charge in [-0.2, -0.15) is 0 Å². The molecule has 1 saturated carbocycles. The number of ketones is 1. The van der Waals surface area contributed by atoms with Crippen LogP contribution in [0.3, 0.4) is 0 Å². The van der Waals surface area contributed by atoms with Crippen LogP contribution in [0.15, 0.2) is 18.2 Å². The van der Waals surface area contributed by atoms with Crippen LogP contribution < -0.4 is 0 Å². The molecule has 4 nitrogen and oxygen atoms in total. The molecule has 0 bridgehead atoms. The van der Waals surface area contributed by atoms with Crippen LogP contribution in [0.4, 0.5) is 8.78 Å². The lowest BCUT2D eigenvalue weighted by Crippen LogP contribution is -2.23. The van der Waals surface area contributed by atoms with Crippen molar-refractivity contribution in [2.75, 3.05) is 0 Å². The normalized spacial score (nSPS) is 24.3. The van der Waals surface area contributed by atoms with E-state index in [2.05, 4.69) is 11.8 Å². The van der Waals surface area contributed by atoms with Gasteiger partial charge in [-0.05, 0) is 69.1 Å². The van der Waals surface area contributed by atoms with Crippen LogP contribution in [0.1, 0.15) is 70.3 Å². The molecule has 1 fully saturated rings. The number of halogens is 2. The summed E-state index contributed by atoms with van der Waals surface area (Å²) in [6.45, 7) is 1.59. The number of Topliss-reactive ketones (excluding diaryl/α,β-unsaturated/α-hetero) is 1. The smallest absolute Gasteiger partial charge is 0.160 e. The number of aliphatic hydroxyl groups is 3. The Hall–Kier alpha value is -1.81. The minimum Gasteiger partial charge on any atom is -0.393 e. The largest absolute Gasteiger partial charge is 0.393 e. The van der Waals surface area contributed by atoms with E-state index in [9.17, 15) is 28.9 Å². The maximum absolute atomic E-state index is 13.2. The Kier molecular flexibility index (Phi) is 9.90. The summed E-state index contributed by atoms with van der Waals surface area (Å²) in [6.07, 6.45) is 4.30. The van der Waals surface area contributed by atoms with E-state index in [4.69, 9.17) is 0 Å². The molecule has 6 heteroatoms. The van der Waals surface area contributed by atoms with Gasteiger partial charge in [-0.3, -0.25) is 0 Å². The van der Waals surface area contributed by atoms with E-state index in [1.165, 1.54) is 6.07 Å². The van der Waals surface area contributed by atoms with Crippen molar-refractivity contribution in [1.82, 2.24) is 0 Å². The molecular formula is C24H32F2O4. The van der Waals surface area contributed by atoms with Gasteiger partial charge < -0.3 is 20.1 Å². The van der Waals surface area contributed by atoms with Crippen molar-refractivity contribution in [1.29, 1.82) is 0 Å². The van der Waals surface area contributed by atoms with Crippen LogP contribution in [0.2, 0.25) is 0 Å². The monoisotopic (exact) mass is 422 g/mol. The summed E-state index contributed by atoms with van der Waals surface area (Å²) in [5, 5.41) is 30.8. The lowest BCUT2D eigenvalue weighted by Gasteiger charge is -2.24. The Morgan fingerprint density at radius 3 is 2.40 bits per heavy atom. The van der Waals surface area contributed by atoms with Crippen LogP contribution in [-0.4, -0.2) is 39.4 Å². The van der Waals surface area contributed by atoms with Crippen LogP contribution >= 0.6 is 0 Å². The van der Waals surface area contributed by atoms with Gasteiger partial charge in [-0.15, -0.1) is 0 Å². The summed E-state index contributed by atoms with van der Waals surface area (Å²) in [5.41, 5.74) is 0.284. The van der Waals surface area contributed by atoms with Gasteiger partial charge in [0.15, 0.2) is 11.6 Å². The van der Waals surface area contributed by atoms with Crippen molar-refractivity contribution < 1.29 is 28.9 Å². The highest BCUT2D eigenvalue weighted by atomic mass is 19.2. The molecule has 1 aromatic rings. The highest BCUT2D eigenvalue weighted by molar-refractivity contribution is 5.75.